The van der Waals surface area contributed by atoms with Crippen molar-refractivity contribution in [1.29, 1.82) is 0 Å². The van der Waals surface area contributed by atoms with E-state index in [9.17, 15) is 4.79 Å². The number of aryl methyl sites for hydroxylation is 2. The lowest BCUT2D eigenvalue weighted by Gasteiger charge is -2.07. The molecule has 0 saturated carbocycles. The van der Waals surface area contributed by atoms with Gasteiger partial charge in [0.2, 0.25) is 0 Å². The summed E-state index contributed by atoms with van der Waals surface area (Å²) in [7, 11) is 0. The molecule has 0 saturated heterocycles. The monoisotopic (exact) mass is 480 g/mol. The topological polar surface area (TPSA) is 77.9 Å². The van der Waals surface area contributed by atoms with Crippen molar-refractivity contribution in [3.63, 3.8) is 0 Å². The number of benzene rings is 2. The van der Waals surface area contributed by atoms with Crippen LogP contribution in [0.25, 0.3) is 22.8 Å². The summed E-state index contributed by atoms with van der Waals surface area (Å²) in [4.78, 5) is 30.5. The number of carbonyl (C=O) groups is 1. The molecule has 4 rings (SSSR count). The number of rotatable bonds is 11. The molecule has 184 valence electrons. The molecular weight excluding hydrogens is 448 g/mol. The molecule has 0 aliphatic carbocycles. The van der Waals surface area contributed by atoms with E-state index in [4.69, 9.17) is 4.74 Å². The Bertz CT molecular complexity index is 1240. The maximum absolute atomic E-state index is 12.6. The van der Waals surface area contributed by atoms with Gasteiger partial charge in [-0.05, 0) is 66.8 Å². The van der Waals surface area contributed by atoms with E-state index >= 15 is 0 Å². The van der Waals surface area contributed by atoms with E-state index in [0.717, 1.165) is 47.9 Å². The van der Waals surface area contributed by atoms with E-state index in [1.807, 2.05) is 49.1 Å². The zero-order valence-electron chi connectivity index (χ0n) is 21.0. The lowest BCUT2D eigenvalue weighted by molar-refractivity contribution is 0.0735. The summed E-state index contributed by atoms with van der Waals surface area (Å²) in [6.07, 6.45) is 15.4. The molecular formula is C30H32N4O2. The number of hydrogen-bond acceptors (Lipinski definition) is 6. The van der Waals surface area contributed by atoms with Crippen LogP contribution in [0.3, 0.4) is 0 Å². The van der Waals surface area contributed by atoms with Crippen molar-refractivity contribution in [3.8, 4) is 28.5 Å². The predicted molar refractivity (Wildman–Crippen MR) is 142 cm³/mol. The second kappa shape index (κ2) is 12.7. The van der Waals surface area contributed by atoms with E-state index in [1.165, 1.54) is 19.3 Å². The van der Waals surface area contributed by atoms with Gasteiger partial charge in [-0.1, -0.05) is 51.7 Å². The summed E-state index contributed by atoms with van der Waals surface area (Å²) in [6.45, 7) is 4.34. The lowest BCUT2D eigenvalue weighted by Crippen LogP contribution is -2.08. The fourth-order valence-electron chi connectivity index (χ4n) is 3.90. The smallest absolute Gasteiger partial charge is 0.343 e. The van der Waals surface area contributed by atoms with Gasteiger partial charge in [-0.2, -0.15) is 0 Å². The minimum absolute atomic E-state index is 0.419. The van der Waals surface area contributed by atoms with Crippen molar-refractivity contribution < 1.29 is 9.53 Å². The van der Waals surface area contributed by atoms with Gasteiger partial charge in [0.15, 0.2) is 11.6 Å². The van der Waals surface area contributed by atoms with Gasteiger partial charge < -0.3 is 4.74 Å². The third-order valence-electron chi connectivity index (χ3n) is 5.97. The Labute approximate surface area is 212 Å². The standard InChI is InChI=1S/C30H32N4O2/c1-3-5-6-7-9-23-20-33-28(34-21-23)24-10-12-26(13-11-24)30(35)36-27-16-14-25(15-17-27)29-31-18-22(8-4-2)19-32-29/h10-21H,3-9H2,1-2H3. The number of hydrogen-bond donors (Lipinski definition) is 0. The molecule has 0 amide bonds. The second-order valence-electron chi connectivity index (χ2n) is 8.88. The van der Waals surface area contributed by atoms with Crippen molar-refractivity contribution in [1.82, 2.24) is 19.9 Å². The molecule has 0 bridgehead atoms. The van der Waals surface area contributed by atoms with E-state index in [2.05, 4.69) is 33.8 Å². The first kappa shape index (κ1) is 25.2. The number of ether oxygens (including phenoxy) is 1. The van der Waals surface area contributed by atoms with Crippen LogP contribution in [-0.2, 0) is 12.8 Å². The molecule has 2 aromatic carbocycles. The van der Waals surface area contributed by atoms with Crippen LogP contribution in [0.1, 0.15) is 67.4 Å². The maximum Gasteiger partial charge on any atom is 0.343 e. The van der Waals surface area contributed by atoms with Crippen molar-refractivity contribution in [3.05, 3.63) is 90.0 Å². The van der Waals surface area contributed by atoms with Crippen LogP contribution in [-0.4, -0.2) is 25.9 Å². The Morgan fingerprint density at radius 3 is 1.69 bits per heavy atom. The molecule has 2 aromatic heterocycles. The van der Waals surface area contributed by atoms with Crippen LogP contribution in [0.2, 0.25) is 0 Å². The molecule has 0 atom stereocenters. The molecule has 0 N–H and O–H groups in total. The fraction of sp³-hybridized carbons (Fsp3) is 0.300. The van der Waals surface area contributed by atoms with Gasteiger partial charge in [0, 0.05) is 35.9 Å². The Morgan fingerprint density at radius 2 is 1.17 bits per heavy atom. The van der Waals surface area contributed by atoms with Crippen LogP contribution >= 0.6 is 0 Å². The van der Waals surface area contributed by atoms with Crippen molar-refractivity contribution in [2.24, 2.45) is 0 Å². The first-order valence-corrected chi connectivity index (χ1v) is 12.7. The number of unbranched alkanes of at least 4 members (excludes halogenated alkanes) is 3. The lowest BCUT2D eigenvalue weighted by atomic mass is 10.1. The first-order chi connectivity index (χ1) is 17.7. The predicted octanol–water partition coefficient (Wildman–Crippen LogP) is 6.90. The normalized spacial score (nSPS) is 10.8. The molecule has 0 fully saturated rings. The van der Waals surface area contributed by atoms with Crippen LogP contribution in [0.5, 0.6) is 5.75 Å². The molecule has 0 radical (unpaired) electrons. The summed E-state index contributed by atoms with van der Waals surface area (Å²) in [5.74, 6) is 1.34. The van der Waals surface area contributed by atoms with Crippen molar-refractivity contribution in [2.45, 2.75) is 58.8 Å². The summed E-state index contributed by atoms with van der Waals surface area (Å²) in [5, 5.41) is 0. The number of aromatic nitrogens is 4. The number of nitrogens with zero attached hydrogens (tertiary/aromatic N) is 4. The molecule has 0 aliphatic rings. The zero-order chi connectivity index (χ0) is 25.2. The molecule has 6 heteroatoms. The van der Waals surface area contributed by atoms with Crippen molar-refractivity contribution >= 4 is 5.97 Å². The molecule has 6 nitrogen and oxygen atoms in total. The fourth-order valence-corrected chi connectivity index (χ4v) is 3.90. The summed E-state index contributed by atoms with van der Waals surface area (Å²) in [6, 6.07) is 14.4. The minimum atomic E-state index is -0.419. The van der Waals surface area contributed by atoms with E-state index in [-0.39, 0.29) is 0 Å². The highest BCUT2D eigenvalue weighted by Gasteiger charge is 2.11. The molecule has 2 heterocycles. The number of carbonyl (C=O) groups excluding carboxylic acids is 1. The van der Waals surface area contributed by atoms with Gasteiger partial charge in [-0.3, -0.25) is 0 Å². The van der Waals surface area contributed by atoms with Crippen LogP contribution < -0.4 is 4.74 Å². The summed E-state index contributed by atoms with van der Waals surface area (Å²) in [5.41, 5.74) is 4.47. The van der Waals surface area contributed by atoms with Gasteiger partial charge in [0.25, 0.3) is 0 Å². The van der Waals surface area contributed by atoms with Crippen LogP contribution in [0, 0.1) is 0 Å². The quantitative estimate of drug-likeness (QED) is 0.132. The van der Waals surface area contributed by atoms with Crippen LogP contribution in [0.15, 0.2) is 73.3 Å². The van der Waals surface area contributed by atoms with E-state index < -0.39 is 5.97 Å². The van der Waals surface area contributed by atoms with Gasteiger partial charge >= 0.3 is 5.97 Å². The first-order valence-electron chi connectivity index (χ1n) is 12.7. The largest absolute Gasteiger partial charge is 0.423 e. The van der Waals surface area contributed by atoms with Gasteiger partial charge in [-0.15, -0.1) is 0 Å². The Kier molecular flexibility index (Phi) is 8.87. The average molecular weight is 481 g/mol. The Hall–Kier alpha value is -3.93. The third-order valence-corrected chi connectivity index (χ3v) is 5.97. The SMILES string of the molecule is CCCCCCc1cnc(-c2ccc(C(=O)Oc3ccc(-c4ncc(CCC)cn4)cc3)cc2)nc1. The average Bonchev–Trinajstić information content (AvgIpc) is 2.93. The highest BCUT2D eigenvalue weighted by atomic mass is 16.5. The molecule has 0 aliphatic heterocycles. The molecule has 0 spiro atoms. The van der Waals surface area contributed by atoms with Crippen LogP contribution in [0.4, 0.5) is 0 Å². The second-order valence-corrected chi connectivity index (χ2v) is 8.88. The molecule has 4 aromatic rings. The van der Waals surface area contributed by atoms with Gasteiger partial charge in [-0.25, -0.2) is 24.7 Å². The van der Waals surface area contributed by atoms with Gasteiger partial charge in [0.05, 0.1) is 5.56 Å². The van der Waals surface area contributed by atoms with E-state index in [0.29, 0.717) is 23.0 Å². The maximum atomic E-state index is 12.6. The van der Waals surface area contributed by atoms with E-state index in [1.54, 1.807) is 24.3 Å². The van der Waals surface area contributed by atoms with Crippen molar-refractivity contribution in [2.75, 3.05) is 0 Å². The third kappa shape index (κ3) is 6.81. The Balaban J connectivity index is 1.33. The Morgan fingerprint density at radius 1 is 0.639 bits per heavy atom. The number of esters is 1. The highest BCUT2D eigenvalue weighted by Crippen LogP contribution is 2.21. The molecule has 0 unspecified atom stereocenters. The zero-order valence-corrected chi connectivity index (χ0v) is 21.0. The summed E-state index contributed by atoms with van der Waals surface area (Å²) < 4.78 is 5.55. The summed E-state index contributed by atoms with van der Waals surface area (Å²) >= 11 is 0. The van der Waals surface area contributed by atoms with Gasteiger partial charge in [0.1, 0.15) is 5.75 Å². The highest BCUT2D eigenvalue weighted by molar-refractivity contribution is 5.91. The minimum Gasteiger partial charge on any atom is -0.423 e. The molecule has 36 heavy (non-hydrogen) atoms.